The maximum Gasteiger partial charge on any atom is 0.135 e. The van der Waals surface area contributed by atoms with Gasteiger partial charge in [0.25, 0.3) is 0 Å². The van der Waals surface area contributed by atoms with Gasteiger partial charge in [0, 0.05) is 15.1 Å². The van der Waals surface area contributed by atoms with E-state index in [0.717, 1.165) is 34.5 Å². The molecule has 1 aromatic heterocycles. The molecule has 2 rings (SSSR count). The summed E-state index contributed by atoms with van der Waals surface area (Å²) in [5, 5.41) is 4.12. The van der Waals surface area contributed by atoms with E-state index in [9.17, 15) is 0 Å². The third-order valence-electron chi connectivity index (χ3n) is 3.03. The van der Waals surface area contributed by atoms with E-state index in [2.05, 4.69) is 35.1 Å². The predicted molar refractivity (Wildman–Crippen MR) is 83.6 cm³/mol. The first-order valence-electron chi connectivity index (χ1n) is 6.44. The van der Waals surface area contributed by atoms with Gasteiger partial charge in [-0.2, -0.15) is 0 Å². The smallest absolute Gasteiger partial charge is 0.135 e. The minimum Gasteiger partial charge on any atom is -0.459 e. The van der Waals surface area contributed by atoms with Gasteiger partial charge in [0.1, 0.15) is 11.5 Å². The minimum atomic E-state index is 0.268. The number of furan rings is 1. The molecule has 0 fully saturated rings. The molecule has 0 aliphatic rings. The molecule has 0 bridgehead atoms. The molecule has 0 saturated heterocycles. The Kier molecular flexibility index (Phi) is 5.08. The molecule has 0 aliphatic heterocycles. The van der Waals surface area contributed by atoms with Crippen LogP contribution in [0.2, 0.25) is 5.02 Å². The third kappa shape index (κ3) is 3.41. The number of nitrogens with one attached hydrogen (secondary N) is 1. The quantitative estimate of drug-likeness (QED) is 0.784. The van der Waals surface area contributed by atoms with E-state index in [1.807, 2.05) is 30.3 Å². The Hall–Kier alpha value is -0.770. The van der Waals surface area contributed by atoms with Crippen molar-refractivity contribution in [3.05, 3.63) is 45.6 Å². The predicted octanol–water partition coefficient (Wildman–Crippen LogP) is 5.42. The summed E-state index contributed by atoms with van der Waals surface area (Å²) in [6.07, 6.45) is 1.00. The molecular weight excluding hydrogens is 326 g/mol. The van der Waals surface area contributed by atoms with Crippen molar-refractivity contribution in [1.29, 1.82) is 0 Å². The van der Waals surface area contributed by atoms with Crippen LogP contribution in [0.4, 0.5) is 0 Å². The summed E-state index contributed by atoms with van der Waals surface area (Å²) in [4.78, 5) is 0. The van der Waals surface area contributed by atoms with Crippen molar-refractivity contribution in [3.63, 3.8) is 0 Å². The summed E-state index contributed by atoms with van der Waals surface area (Å²) < 4.78 is 6.90. The first-order chi connectivity index (χ1) is 9.15. The van der Waals surface area contributed by atoms with Crippen LogP contribution in [-0.4, -0.2) is 6.54 Å². The molecule has 102 valence electrons. The monoisotopic (exact) mass is 341 g/mol. The number of hydrogen-bond donors (Lipinski definition) is 1. The van der Waals surface area contributed by atoms with Gasteiger partial charge in [-0.3, -0.25) is 0 Å². The summed E-state index contributed by atoms with van der Waals surface area (Å²) in [7, 11) is 0. The van der Waals surface area contributed by atoms with Gasteiger partial charge in [0.15, 0.2) is 0 Å². The highest BCUT2D eigenvalue weighted by Gasteiger charge is 2.14. The third-order valence-corrected chi connectivity index (χ3v) is 3.92. The van der Waals surface area contributed by atoms with Crippen LogP contribution in [0.15, 0.2) is 39.2 Å². The fourth-order valence-corrected chi connectivity index (χ4v) is 2.94. The average molecular weight is 343 g/mol. The van der Waals surface area contributed by atoms with Gasteiger partial charge in [-0.05, 0) is 59.2 Å². The van der Waals surface area contributed by atoms with Crippen molar-refractivity contribution in [2.24, 2.45) is 0 Å². The Morgan fingerprint density at radius 1 is 1.26 bits per heavy atom. The zero-order chi connectivity index (χ0) is 13.8. The maximum atomic E-state index is 5.96. The molecule has 0 amide bonds. The van der Waals surface area contributed by atoms with Crippen LogP contribution in [0.3, 0.4) is 0 Å². The van der Waals surface area contributed by atoms with Crippen molar-refractivity contribution in [1.82, 2.24) is 5.32 Å². The lowest BCUT2D eigenvalue weighted by atomic mass is 10.1. The number of halogens is 2. The van der Waals surface area contributed by atoms with Gasteiger partial charge < -0.3 is 9.73 Å². The van der Waals surface area contributed by atoms with Crippen molar-refractivity contribution in [2.75, 3.05) is 6.54 Å². The molecule has 1 heterocycles. The van der Waals surface area contributed by atoms with E-state index in [4.69, 9.17) is 16.0 Å². The van der Waals surface area contributed by atoms with Crippen LogP contribution < -0.4 is 5.32 Å². The molecule has 2 aromatic rings. The second-order valence-corrected chi connectivity index (χ2v) is 5.64. The fraction of sp³-hybridized carbons (Fsp3) is 0.333. The molecule has 0 radical (unpaired) electrons. The minimum absolute atomic E-state index is 0.268. The van der Waals surface area contributed by atoms with Gasteiger partial charge in [0.2, 0.25) is 0 Å². The summed E-state index contributed by atoms with van der Waals surface area (Å²) in [5.74, 6) is 1.83. The molecule has 4 heteroatoms. The van der Waals surface area contributed by atoms with Crippen LogP contribution >= 0.6 is 27.5 Å². The Morgan fingerprint density at radius 3 is 2.68 bits per heavy atom. The topological polar surface area (TPSA) is 25.2 Å². The normalized spacial score (nSPS) is 12.6. The van der Waals surface area contributed by atoms with Crippen molar-refractivity contribution in [3.8, 4) is 11.3 Å². The highest BCUT2D eigenvalue weighted by Crippen LogP contribution is 2.33. The molecular formula is C15H17BrClNO. The van der Waals surface area contributed by atoms with Gasteiger partial charge in [0.05, 0.1) is 6.04 Å². The summed E-state index contributed by atoms with van der Waals surface area (Å²) in [6, 6.07) is 10.0. The van der Waals surface area contributed by atoms with Gasteiger partial charge in [-0.1, -0.05) is 25.4 Å². The maximum absolute atomic E-state index is 5.96. The van der Waals surface area contributed by atoms with E-state index >= 15 is 0 Å². The number of benzene rings is 1. The van der Waals surface area contributed by atoms with Crippen molar-refractivity contribution in [2.45, 2.75) is 26.3 Å². The Bertz CT molecular complexity index is 553. The fourth-order valence-electron chi connectivity index (χ4n) is 2.07. The number of rotatable bonds is 5. The van der Waals surface area contributed by atoms with E-state index in [1.165, 1.54) is 0 Å². The first kappa shape index (κ1) is 14.6. The zero-order valence-electron chi connectivity index (χ0n) is 11.0. The largest absolute Gasteiger partial charge is 0.459 e. The summed E-state index contributed by atoms with van der Waals surface area (Å²) in [6.45, 7) is 5.18. The molecule has 0 aliphatic carbocycles. The van der Waals surface area contributed by atoms with E-state index in [1.54, 1.807) is 0 Å². The SMILES string of the molecule is CCNC(CC)c1ccc(-c2ccc(Cl)cc2Br)o1. The summed E-state index contributed by atoms with van der Waals surface area (Å²) >= 11 is 9.47. The highest BCUT2D eigenvalue weighted by molar-refractivity contribution is 9.10. The molecule has 19 heavy (non-hydrogen) atoms. The Labute approximate surface area is 127 Å². The lowest BCUT2D eigenvalue weighted by molar-refractivity contribution is 0.417. The Balaban J connectivity index is 2.29. The van der Waals surface area contributed by atoms with Crippen molar-refractivity contribution >= 4 is 27.5 Å². The zero-order valence-corrected chi connectivity index (χ0v) is 13.4. The van der Waals surface area contributed by atoms with Crippen LogP contribution in [0.25, 0.3) is 11.3 Å². The summed E-state index contributed by atoms with van der Waals surface area (Å²) in [5.41, 5.74) is 1.02. The highest BCUT2D eigenvalue weighted by atomic mass is 79.9. The average Bonchev–Trinajstić information content (AvgIpc) is 2.85. The lowest BCUT2D eigenvalue weighted by Gasteiger charge is -2.12. The Morgan fingerprint density at radius 2 is 2.05 bits per heavy atom. The second kappa shape index (κ2) is 6.60. The molecule has 1 unspecified atom stereocenters. The van der Waals surface area contributed by atoms with Crippen LogP contribution in [-0.2, 0) is 0 Å². The van der Waals surface area contributed by atoms with Crippen LogP contribution in [0, 0.1) is 0 Å². The molecule has 2 nitrogen and oxygen atoms in total. The first-order valence-corrected chi connectivity index (χ1v) is 7.61. The van der Waals surface area contributed by atoms with E-state index in [-0.39, 0.29) is 6.04 Å². The lowest BCUT2D eigenvalue weighted by Crippen LogP contribution is -2.19. The standard InChI is InChI=1S/C15H17BrClNO/c1-3-13(18-4-2)15-8-7-14(19-15)11-6-5-10(17)9-12(11)16/h5-9,13,18H,3-4H2,1-2H3. The molecule has 1 aromatic carbocycles. The molecule has 1 N–H and O–H groups in total. The van der Waals surface area contributed by atoms with Crippen LogP contribution in [0.1, 0.15) is 32.1 Å². The van der Waals surface area contributed by atoms with Gasteiger partial charge in [-0.15, -0.1) is 0 Å². The van der Waals surface area contributed by atoms with Crippen LogP contribution in [0.5, 0.6) is 0 Å². The number of hydrogen-bond acceptors (Lipinski definition) is 2. The van der Waals surface area contributed by atoms with Gasteiger partial charge in [-0.25, -0.2) is 0 Å². The molecule has 1 atom stereocenters. The van der Waals surface area contributed by atoms with E-state index in [0.29, 0.717) is 5.02 Å². The molecule has 0 spiro atoms. The second-order valence-electron chi connectivity index (χ2n) is 4.34. The van der Waals surface area contributed by atoms with Gasteiger partial charge >= 0.3 is 0 Å². The molecule has 0 saturated carbocycles. The van der Waals surface area contributed by atoms with E-state index < -0.39 is 0 Å². The van der Waals surface area contributed by atoms with Crippen molar-refractivity contribution < 1.29 is 4.42 Å².